The van der Waals surface area contributed by atoms with Crippen molar-refractivity contribution in [1.29, 1.82) is 0 Å². The summed E-state index contributed by atoms with van der Waals surface area (Å²) < 4.78 is 11.1. The SMILES string of the molecule is COc1ccc(C)c([C@]23CCN(C)[C@H](C)[C@]2(O)CC=C(OC(=O)CCCC(=O)N[C@@H](CC(C)C)C(=O)O)C3)c1O. The lowest BCUT2D eigenvalue weighted by molar-refractivity contribution is -0.148. The van der Waals surface area contributed by atoms with E-state index in [4.69, 9.17) is 9.47 Å². The first-order valence-electron chi connectivity index (χ1n) is 14.0. The number of phenolic OH excluding ortho intramolecular Hbond substituents is 1. The summed E-state index contributed by atoms with van der Waals surface area (Å²) in [5.74, 6) is -1.20. The fourth-order valence-electron chi connectivity index (χ4n) is 6.29. The Bertz CT molecular complexity index is 1150. The van der Waals surface area contributed by atoms with Gasteiger partial charge in [-0.1, -0.05) is 19.9 Å². The Morgan fingerprint density at radius 3 is 2.55 bits per heavy atom. The van der Waals surface area contributed by atoms with Crippen molar-refractivity contribution >= 4 is 17.8 Å². The van der Waals surface area contributed by atoms with Gasteiger partial charge in [-0.15, -0.1) is 0 Å². The maximum atomic E-state index is 12.8. The van der Waals surface area contributed by atoms with E-state index in [1.165, 1.54) is 7.11 Å². The monoisotopic (exact) mass is 560 g/mol. The van der Waals surface area contributed by atoms with Crippen LogP contribution < -0.4 is 10.1 Å². The highest BCUT2D eigenvalue weighted by Gasteiger charge is 2.61. The van der Waals surface area contributed by atoms with E-state index in [1.807, 2.05) is 40.8 Å². The van der Waals surface area contributed by atoms with E-state index in [0.717, 1.165) is 5.56 Å². The van der Waals surface area contributed by atoms with Crippen LogP contribution in [0.4, 0.5) is 0 Å². The molecule has 40 heavy (non-hydrogen) atoms. The molecule has 0 unspecified atom stereocenters. The van der Waals surface area contributed by atoms with Crippen LogP contribution in [0, 0.1) is 12.8 Å². The van der Waals surface area contributed by atoms with E-state index < -0.39 is 34.9 Å². The normalized spacial score (nSPS) is 25.5. The van der Waals surface area contributed by atoms with E-state index in [1.54, 1.807) is 12.1 Å². The van der Waals surface area contributed by atoms with Crippen molar-refractivity contribution in [3.63, 3.8) is 0 Å². The van der Waals surface area contributed by atoms with Gasteiger partial charge in [-0.3, -0.25) is 9.59 Å². The van der Waals surface area contributed by atoms with Gasteiger partial charge in [-0.2, -0.15) is 0 Å². The van der Waals surface area contributed by atoms with E-state index in [0.29, 0.717) is 36.5 Å². The molecule has 0 aromatic heterocycles. The molecule has 0 radical (unpaired) electrons. The second kappa shape index (κ2) is 12.6. The number of piperidine rings is 1. The van der Waals surface area contributed by atoms with E-state index in [-0.39, 0.29) is 49.8 Å². The van der Waals surface area contributed by atoms with Crippen molar-refractivity contribution in [2.24, 2.45) is 5.92 Å². The number of amides is 1. The van der Waals surface area contributed by atoms with Gasteiger partial charge in [0.05, 0.1) is 12.7 Å². The molecule has 1 aliphatic carbocycles. The molecule has 1 aromatic carbocycles. The zero-order chi connectivity index (χ0) is 29.8. The number of hydrogen-bond acceptors (Lipinski definition) is 8. The molecule has 3 rings (SSSR count). The van der Waals surface area contributed by atoms with Gasteiger partial charge >= 0.3 is 11.9 Å². The van der Waals surface area contributed by atoms with Gasteiger partial charge in [0.1, 0.15) is 11.8 Å². The highest BCUT2D eigenvalue weighted by Crippen LogP contribution is 2.57. The smallest absolute Gasteiger partial charge is 0.326 e. The Kier molecular flexibility index (Phi) is 9.89. The number of allylic oxidation sites excluding steroid dienone is 1. The summed E-state index contributed by atoms with van der Waals surface area (Å²) in [6.07, 6.45) is 3.22. The molecule has 4 N–H and O–H groups in total. The minimum atomic E-state index is -1.24. The summed E-state index contributed by atoms with van der Waals surface area (Å²) in [6, 6.07) is 2.36. The van der Waals surface area contributed by atoms with Gasteiger partial charge in [0.2, 0.25) is 5.91 Å². The molecule has 2 aliphatic rings. The van der Waals surface area contributed by atoms with Crippen LogP contribution in [0.2, 0.25) is 0 Å². The zero-order valence-electron chi connectivity index (χ0n) is 24.5. The third-order valence-electron chi connectivity index (χ3n) is 8.61. The predicted molar refractivity (Wildman–Crippen MR) is 149 cm³/mol. The number of fused-ring (bicyclic) bond motifs is 1. The quantitative estimate of drug-likeness (QED) is 0.299. The van der Waals surface area contributed by atoms with Crippen molar-refractivity contribution in [3.8, 4) is 11.5 Å². The number of aliphatic hydroxyl groups is 1. The molecule has 0 spiro atoms. The second-order valence-corrected chi connectivity index (χ2v) is 11.7. The number of nitrogens with zero attached hydrogens (tertiary/aromatic N) is 1. The lowest BCUT2D eigenvalue weighted by atomic mass is 9.54. The number of esters is 1. The number of carbonyl (C=O) groups is 3. The highest BCUT2D eigenvalue weighted by molar-refractivity contribution is 5.83. The molecule has 10 nitrogen and oxygen atoms in total. The zero-order valence-corrected chi connectivity index (χ0v) is 24.5. The van der Waals surface area contributed by atoms with Gasteiger partial charge in [-0.05, 0) is 70.3 Å². The minimum absolute atomic E-state index is 0.000434. The number of rotatable bonds is 11. The molecule has 1 aliphatic heterocycles. The van der Waals surface area contributed by atoms with Gasteiger partial charge in [0.25, 0.3) is 0 Å². The number of phenols is 1. The van der Waals surface area contributed by atoms with Gasteiger partial charge in [0, 0.05) is 42.7 Å². The summed E-state index contributed by atoms with van der Waals surface area (Å²) in [5, 5.41) is 35.3. The van der Waals surface area contributed by atoms with Crippen LogP contribution in [0.3, 0.4) is 0 Å². The Balaban J connectivity index is 1.75. The van der Waals surface area contributed by atoms with Crippen molar-refractivity contribution < 1.29 is 39.2 Å². The van der Waals surface area contributed by atoms with Crippen molar-refractivity contribution in [3.05, 3.63) is 35.1 Å². The molecule has 1 fully saturated rings. The number of carboxylic acid groups (broad SMARTS) is 1. The van der Waals surface area contributed by atoms with Crippen molar-refractivity contribution in [1.82, 2.24) is 10.2 Å². The topological polar surface area (TPSA) is 146 Å². The first-order valence-corrected chi connectivity index (χ1v) is 14.0. The summed E-state index contributed by atoms with van der Waals surface area (Å²) in [6.45, 7) is 8.28. The molecule has 222 valence electrons. The first-order chi connectivity index (χ1) is 18.8. The Labute approximate surface area is 236 Å². The van der Waals surface area contributed by atoms with Crippen molar-refractivity contribution in [2.75, 3.05) is 20.7 Å². The molecular weight excluding hydrogens is 516 g/mol. The van der Waals surface area contributed by atoms with Crippen LogP contribution in [-0.2, 0) is 24.5 Å². The van der Waals surface area contributed by atoms with Crippen LogP contribution in [0.1, 0.15) is 76.8 Å². The number of nitrogens with one attached hydrogen (secondary N) is 1. The number of methoxy groups -OCH3 is 1. The number of ether oxygens (including phenoxy) is 2. The standard InChI is InChI=1S/C30H44N2O8/c1-18(2)16-22(28(36)37)31-24(33)8-7-9-25(34)40-21-12-13-30(38)20(4)32(5)15-14-29(30,17-21)26-19(3)10-11-23(39-6)27(26)35/h10-12,18,20,22,35,38H,7-9,13-17H2,1-6H3,(H,31,33)(H,36,37)/t20-,22+,29-,30-/m1/s1. The summed E-state index contributed by atoms with van der Waals surface area (Å²) in [4.78, 5) is 38.5. The minimum Gasteiger partial charge on any atom is -0.504 e. The summed E-state index contributed by atoms with van der Waals surface area (Å²) in [5.41, 5.74) is -0.751. The fourth-order valence-corrected chi connectivity index (χ4v) is 6.29. The molecule has 1 saturated heterocycles. The van der Waals surface area contributed by atoms with Gasteiger partial charge in [-0.25, -0.2) is 4.79 Å². The van der Waals surface area contributed by atoms with Crippen molar-refractivity contribution in [2.45, 2.75) is 95.7 Å². The number of likely N-dealkylation sites (N-methyl/N-ethyl adjacent to an activating group) is 1. The molecule has 1 aromatic rings. The van der Waals surface area contributed by atoms with Crippen LogP contribution in [0.25, 0.3) is 0 Å². The maximum Gasteiger partial charge on any atom is 0.326 e. The third-order valence-corrected chi connectivity index (χ3v) is 8.61. The molecule has 0 bridgehead atoms. The van der Waals surface area contributed by atoms with E-state index in [9.17, 15) is 29.7 Å². The number of carbonyl (C=O) groups excluding carboxylic acids is 2. The number of hydrogen-bond donors (Lipinski definition) is 4. The molecule has 10 heteroatoms. The first kappa shape index (κ1) is 31.4. The molecule has 1 heterocycles. The molecule has 0 saturated carbocycles. The number of likely N-dealkylation sites (tertiary alicyclic amines) is 1. The Hall–Kier alpha value is -3.11. The number of aliphatic carboxylic acids is 1. The predicted octanol–water partition coefficient (Wildman–Crippen LogP) is 3.41. The number of aromatic hydroxyl groups is 1. The van der Waals surface area contributed by atoms with Crippen LogP contribution in [-0.4, -0.2) is 76.5 Å². The summed E-state index contributed by atoms with van der Waals surface area (Å²) in [7, 11) is 3.44. The fraction of sp³-hybridized carbons (Fsp3) is 0.633. The van der Waals surface area contributed by atoms with Gasteiger partial charge < -0.3 is 35.0 Å². The molecule has 1 amide bonds. The largest absolute Gasteiger partial charge is 0.504 e. The second-order valence-electron chi connectivity index (χ2n) is 11.7. The molecule has 4 atom stereocenters. The Morgan fingerprint density at radius 1 is 1.23 bits per heavy atom. The molecular formula is C30H44N2O8. The van der Waals surface area contributed by atoms with E-state index in [2.05, 4.69) is 10.2 Å². The van der Waals surface area contributed by atoms with Gasteiger partial charge in [0.15, 0.2) is 11.5 Å². The highest BCUT2D eigenvalue weighted by atomic mass is 16.5. The number of benzene rings is 1. The number of carboxylic acids is 1. The maximum absolute atomic E-state index is 12.8. The third kappa shape index (κ3) is 6.28. The van der Waals surface area contributed by atoms with Crippen LogP contribution in [0.5, 0.6) is 11.5 Å². The average molecular weight is 561 g/mol. The van der Waals surface area contributed by atoms with Crippen LogP contribution in [0.15, 0.2) is 24.0 Å². The lowest BCUT2D eigenvalue weighted by Gasteiger charge is -2.59. The van der Waals surface area contributed by atoms with Crippen LogP contribution >= 0.6 is 0 Å². The lowest BCUT2D eigenvalue weighted by Crippen LogP contribution is -2.68. The average Bonchev–Trinajstić information content (AvgIpc) is 2.87. The van der Waals surface area contributed by atoms with E-state index >= 15 is 0 Å². The number of aryl methyl sites for hydroxylation is 1. The Morgan fingerprint density at radius 2 is 1.93 bits per heavy atom. The summed E-state index contributed by atoms with van der Waals surface area (Å²) >= 11 is 0.